The van der Waals surface area contributed by atoms with Gasteiger partial charge in [0.2, 0.25) is 0 Å². The van der Waals surface area contributed by atoms with Crippen molar-refractivity contribution in [1.82, 2.24) is 0 Å². The summed E-state index contributed by atoms with van der Waals surface area (Å²) >= 11 is 0. The summed E-state index contributed by atoms with van der Waals surface area (Å²) in [6.07, 6.45) is 7.16. The first-order valence-electron chi connectivity index (χ1n) is 9.23. The molecule has 126 valence electrons. The molecule has 3 fully saturated rings. The van der Waals surface area contributed by atoms with E-state index in [0.29, 0.717) is 36.9 Å². The Morgan fingerprint density at radius 3 is 2.57 bits per heavy atom. The summed E-state index contributed by atoms with van der Waals surface area (Å²) in [6, 6.07) is 0. The van der Waals surface area contributed by atoms with Gasteiger partial charge in [0.1, 0.15) is 5.78 Å². The third-order valence-corrected chi connectivity index (χ3v) is 8.18. The second-order valence-corrected chi connectivity index (χ2v) is 9.05. The summed E-state index contributed by atoms with van der Waals surface area (Å²) in [5.74, 6) is 1.45. The Labute approximate surface area is 138 Å². The molecule has 0 bridgehead atoms. The van der Waals surface area contributed by atoms with Crippen LogP contribution in [0.5, 0.6) is 0 Å². The fraction of sp³-hybridized carbons (Fsp3) is 0.800. The molecule has 0 amide bonds. The smallest absolute Gasteiger partial charge is 0.155 e. The number of carbonyl (C=O) groups excluding carboxylic acids is 2. The molecule has 0 heterocycles. The highest BCUT2D eigenvalue weighted by Crippen LogP contribution is 2.67. The van der Waals surface area contributed by atoms with E-state index >= 15 is 0 Å². The summed E-state index contributed by atoms with van der Waals surface area (Å²) in [5.41, 5.74) is -0.101. The monoisotopic (exact) mass is 316 g/mol. The average Bonchev–Trinajstić information content (AvgIpc) is 2.80. The zero-order valence-electron chi connectivity index (χ0n) is 14.5. The van der Waals surface area contributed by atoms with Crippen LogP contribution in [0.25, 0.3) is 0 Å². The third-order valence-electron chi connectivity index (χ3n) is 8.18. The number of aliphatic hydroxyl groups is 1. The standard InChI is InChI=1S/C20H28O3/c1-12-10-16-14-4-5-17(22)18(14,2)8-9-20(16,23)19(3)7-6-13(21)11-15(12)19/h11-12,14,16,23H,4-10H2,1-3H3/t12-,14-,16-,18-,19-,20+/m0/s1. The van der Waals surface area contributed by atoms with Crippen molar-refractivity contribution >= 4 is 11.6 Å². The van der Waals surface area contributed by atoms with Crippen LogP contribution in [0, 0.1) is 28.6 Å². The highest BCUT2D eigenvalue weighted by atomic mass is 16.3. The predicted molar refractivity (Wildman–Crippen MR) is 87.7 cm³/mol. The van der Waals surface area contributed by atoms with Crippen LogP contribution in [-0.2, 0) is 9.59 Å². The Balaban J connectivity index is 1.81. The first kappa shape index (κ1) is 15.6. The van der Waals surface area contributed by atoms with Crippen LogP contribution in [0.3, 0.4) is 0 Å². The SMILES string of the molecule is C[C@H]1C[C@H]2[C@@H]3CCC(=O)[C@@]3(C)CC[C@]2(O)[C@@]2(C)CCC(=O)C=C12. The highest BCUT2D eigenvalue weighted by molar-refractivity contribution is 5.92. The van der Waals surface area contributed by atoms with E-state index in [1.165, 1.54) is 5.57 Å². The number of fused-ring (bicyclic) bond motifs is 5. The lowest BCUT2D eigenvalue weighted by Gasteiger charge is -2.63. The maximum atomic E-state index is 12.5. The van der Waals surface area contributed by atoms with E-state index in [9.17, 15) is 14.7 Å². The molecule has 0 spiro atoms. The molecule has 0 aromatic heterocycles. The van der Waals surface area contributed by atoms with E-state index in [-0.39, 0.29) is 22.5 Å². The summed E-state index contributed by atoms with van der Waals surface area (Å²) in [7, 11) is 0. The fourth-order valence-corrected chi connectivity index (χ4v) is 6.66. The van der Waals surface area contributed by atoms with Crippen LogP contribution in [0.4, 0.5) is 0 Å². The van der Waals surface area contributed by atoms with Gasteiger partial charge in [-0.25, -0.2) is 0 Å². The summed E-state index contributed by atoms with van der Waals surface area (Å²) in [4.78, 5) is 24.4. The van der Waals surface area contributed by atoms with Gasteiger partial charge in [0.25, 0.3) is 0 Å². The molecule has 4 aliphatic rings. The molecule has 3 nitrogen and oxygen atoms in total. The summed E-state index contributed by atoms with van der Waals surface area (Å²) < 4.78 is 0. The Hall–Kier alpha value is -0.960. The zero-order chi connectivity index (χ0) is 16.6. The van der Waals surface area contributed by atoms with Crippen molar-refractivity contribution in [3.8, 4) is 0 Å². The molecule has 3 saturated carbocycles. The average molecular weight is 316 g/mol. The molecule has 6 atom stereocenters. The topological polar surface area (TPSA) is 54.4 Å². The lowest BCUT2D eigenvalue weighted by Crippen LogP contribution is -2.64. The molecule has 4 aliphatic carbocycles. The van der Waals surface area contributed by atoms with Gasteiger partial charge in [-0.15, -0.1) is 0 Å². The van der Waals surface area contributed by atoms with Crippen molar-refractivity contribution in [3.05, 3.63) is 11.6 Å². The maximum Gasteiger partial charge on any atom is 0.155 e. The predicted octanol–water partition coefficient (Wildman–Crippen LogP) is 3.45. The molecule has 1 N–H and O–H groups in total. The second kappa shape index (κ2) is 4.56. The molecule has 0 unspecified atom stereocenters. The number of hydrogen-bond donors (Lipinski definition) is 1. The zero-order valence-corrected chi connectivity index (χ0v) is 14.5. The van der Waals surface area contributed by atoms with Gasteiger partial charge in [-0.1, -0.05) is 26.3 Å². The van der Waals surface area contributed by atoms with Crippen LogP contribution < -0.4 is 0 Å². The van der Waals surface area contributed by atoms with Gasteiger partial charge in [-0.3, -0.25) is 9.59 Å². The van der Waals surface area contributed by atoms with Crippen molar-refractivity contribution in [2.24, 2.45) is 28.6 Å². The van der Waals surface area contributed by atoms with Gasteiger partial charge >= 0.3 is 0 Å². The van der Waals surface area contributed by atoms with Crippen molar-refractivity contribution < 1.29 is 14.7 Å². The molecule has 3 heteroatoms. The molecule has 23 heavy (non-hydrogen) atoms. The molecule has 0 aliphatic heterocycles. The van der Waals surface area contributed by atoms with Crippen LogP contribution in [-0.4, -0.2) is 22.3 Å². The van der Waals surface area contributed by atoms with E-state index in [2.05, 4.69) is 20.8 Å². The summed E-state index contributed by atoms with van der Waals surface area (Å²) in [5, 5.41) is 11.8. The molecule has 4 rings (SSSR count). The van der Waals surface area contributed by atoms with Gasteiger partial charge in [0.15, 0.2) is 5.78 Å². The van der Waals surface area contributed by atoms with Crippen LogP contribution in [0.1, 0.15) is 65.7 Å². The van der Waals surface area contributed by atoms with Gasteiger partial charge in [0, 0.05) is 23.7 Å². The molecule has 0 radical (unpaired) electrons. The molecular formula is C20H28O3. The van der Waals surface area contributed by atoms with Crippen molar-refractivity contribution in [2.45, 2.75) is 71.3 Å². The van der Waals surface area contributed by atoms with Crippen LogP contribution in [0.15, 0.2) is 11.6 Å². The molecule has 0 aromatic rings. The van der Waals surface area contributed by atoms with E-state index in [1.807, 2.05) is 6.08 Å². The summed E-state index contributed by atoms with van der Waals surface area (Å²) in [6.45, 7) is 6.51. The number of carbonyl (C=O) groups is 2. The first-order chi connectivity index (χ1) is 10.7. The van der Waals surface area contributed by atoms with E-state index in [1.54, 1.807) is 0 Å². The quantitative estimate of drug-likeness (QED) is 0.745. The number of rotatable bonds is 0. The minimum absolute atomic E-state index is 0.193. The van der Waals surface area contributed by atoms with Crippen LogP contribution >= 0.6 is 0 Å². The second-order valence-electron chi connectivity index (χ2n) is 9.05. The van der Waals surface area contributed by atoms with E-state index < -0.39 is 5.60 Å². The largest absolute Gasteiger partial charge is 0.389 e. The van der Waals surface area contributed by atoms with Crippen molar-refractivity contribution in [2.75, 3.05) is 0 Å². The van der Waals surface area contributed by atoms with Gasteiger partial charge in [0.05, 0.1) is 5.60 Å². The first-order valence-corrected chi connectivity index (χ1v) is 9.23. The molecule has 0 saturated heterocycles. The molecule has 0 aromatic carbocycles. The molecular weight excluding hydrogens is 288 g/mol. The van der Waals surface area contributed by atoms with Crippen molar-refractivity contribution in [1.29, 1.82) is 0 Å². The van der Waals surface area contributed by atoms with Gasteiger partial charge < -0.3 is 5.11 Å². The normalized spacial score (nSPS) is 52.5. The minimum Gasteiger partial charge on any atom is -0.389 e. The highest BCUT2D eigenvalue weighted by Gasteiger charge is 2.66. The Kier molecular flexibility index (Phi) is 3.09. The lowest BCUT2D eigenvalue weighted by atomic mass is 9.43. The van der Waals surface area contributed by atoms with Gasteiger partial charge in [-0.2, -0.15) is 0 Å². The fourth-order valence-electron chi connectivity index (χ4n) is 6.66. The number of hydrogen-bond acceptors (Lipinski definition) is 3. The van der Waals surface area contributed by atoms with Crippen molar-refractivity contribution in [3.63, 3.8) is 0 Å². The van der Waals surface area contributed by atoms with E-state index in [4.69, 9.17) is 0 Å². The third kappa shape index (κ3) is 1.75. The Bertz CT molecular complexity index is 620. The van der Waals surface area contributed by atoms with Gasteiger partial charge in [-0.05, 0) is 55.9 Å². The number of Topliss-reactive ketones (excluding diaryl/α,β-unsaturated/α-hetero) is 1. The Morgan fingerprint density at radius 2 is 1.83 bits per heavy atom. The van der Waals surface area contributed by atoms with Crippen LogP contribution in [0.2, 0.25) is 0 Å². The minimum atomic E-state index is -0.749. The van der Waals surface area contributed by atoms with E-state index in [0.717, 1.165) is 25.7 Å². The number of ketones is 2. The Morgan fingerprint density at radius 1 is 1.09 bits per heavy atom. The lowest BCUT2D eigenvalue weighted by molar-refractivity contribution is -0.194. The maximum absolute atomic E-state index is 12.5.